The van der Waals surface area contributed by atoms with E-state index in [-0.39, 0.29) is 11.3 Å². The molecule has 0 fully saturated rings. The van der Waals surface area contributed by atoms with Crippen molar-refractivity contribution in [2.75, 3.05) is 25.0 Å². The van der Waals surface area contributed by atoms with Crippen molar-refractivity contribution in [3.05, 3.63) is 33.9 Å². The zero-order valence-corrected chi connectivity index (χ0v) is 11.4. The van der Waals surface area contributed by atoms with Gasteiger partial charge in [-0.05, 0) is 19.1 Å². The Morgan fingerprint density at radius 1 is 1.48 bits per heavy atom. The van der Waals surface area contributed by atoms with Crippen LogP contribution in [-0.2, 0) is 0 Å². The quantitative estimate of drug-likeness (QED) is 0.520. The van der Waals surface area contributed by atoms with Crippen molar-refractivity contribution < 1.29 is 18.5 Å². The third-order valence-corrected chi connectivity index (χ3v) is 2.63. The molecular formula is C12H16F2N4O3. The van der Waals surface area contributed by atoms with Gasteiger partial charge in [-0.3, -0.25) is 14.9 Å². The Morgan fingerprint density at radius 3 is 2.67 bits per heavy atom. The molecule has 4 N–H and O–H groups in total. The number of halogens is 2. The second kappa shape index (κ2) is 6.93. The third-order valence-electron chi connectivity index (χ3n) is 2.63. The molecule has 7 nitrogen and oxygen atoms in total. The summed E-state index contributed by atoms with van der Waals surface area (Å²) >= 11 is 0. The average Bonchev–Trinajstić information content (AvgIpc) is 2.45. The normalized spacial score (nSPS) is 11.0. The monoisotopic (exact) mass is 302 g/mol. The SMILES string of the molecule is CCNC(=O)c1ccc(NCC(F)(F)CN)c([N+](=O)[O-])c1. The molecular weight excluding hydrogens is 286 g/mol. The molecule has 0 aliphatic carbocycles. The maximum atomic E-state index is 13.1. The summed E-state index contributed by atoms with van der Waals surface area (Å²) in [5.41, 5.74) is 4.42. The molecule has 0 heterocycles. The van der Waals surface area contributed by atoms with E-state index in [2.05, 4.69) is 10.6 Å². The number of hydrogen-bond donors (Lipinski definition) is 3. The van der Waals surface area contributed by atoms with E-state index < -0.39 is 35.5 Å². The number of rotatable bonds is 7. The molecule has 0 saturated heterocycles. The van der Waals surface area contributed by atoms with Crippen LogP contribution in [-0.4, -0.2) is 36.4 Å². The Balaban J connectivity index is 3.00. The Kier molecular flexibility index (Phi) is 5.53. The fourth-order valence-electron chi connectivity index (χ4n) is 1.53. The number of hydrogen-bond acceptors (Lipinski definition) is 5. The van der Waals surface area contributed by atoms with Gasteiger partial charge in [0.25, 0.3) is 17.5 Å². The molecule has 1 aromatic rings. The fourth-order valence-corrected chi connectivity index (χ4v) is 1.53. The van der Waals surface area contributed by atoms with E-state index >= 15 is 0 Å². The van der Waals surface area contributed by atoms with E-state index in [0.717, 1.165) is 6.07 Å². The zero-order valence-electron chi connectivity index (χ0n) is 11.4. The second-order valence-electron chi connectivity index (χ2n) is 4.26. The van der Waals surface area contributed by atoms with Gasteiger partial charge in [-0.25, -0.2) is 8.78 Å². The molecule has 21 heavy (non-hydrogen) atoms. The van der Waals surface area contributed by atoms with Crippen LogP contribution in [0.25, 0.3) is 0 Å². The molecule has 1 amide bonds. The van der Waals surface area contributed by atoms with Crippen molar-refractivity contribution in [3.8, 4) is 0 Å². The molecule has 0 bridgehead atoms. The summed E-state index contributed by atoms with van der Waals surface area (Å²) in [5, 5.41) is 15.7. The molecule has 0 radical (unpaired) electrons. The van der Waals surface area contributed by atoms with Crippen molar-refractivity contribution in [2.24, 2.45) is 5.73 Å². The number of nitro benzene ring substituents is 1. The molecule has 1 rings (SSSR count). The topological polar surface area (TPSA) is 110 Å². The maximum Gasteiger partial charge on any atom is 0.293 e. The molecule has 0 aliphatic rings. The highest BCUT2D eigenvalue weighted by Crippen LogP contribution is 2.26. The van der Waals surface area contributed by atoms with Gasteiger partial charge in [0.1, 0.15) is 5.69 Å². The van der Waals surface area contributed by atoms with Crippen LogP contribution in [0, 0.1) is 10.1 Å². The highest BCUT2D eigenvalue weighted by Gasteiger charge is 2.27. The molecule has 0 aromatic heterocycles. The number of carbonyl (C=O) groups excluding carboxylic acids is 1. The van der Waals surface area contributed by atoms with Gasteiger partial charge < -0.3 is 16.4 Å². The van der Waals surface area contributed by atoms with Crippen LogP contribution < -0.4 is 16.4 Å². The lowest BCUT2D eigenvalue weighted by atomic mass is 10.1. The summed E-state index contributed by atoms with van der Waals surface area (Å²) in [6.45, 7) is 0.377. The van der Waals surface area contributed by atoms with Gasteiger partial charge in [-0.15, -0.1) is 0 Å². The lowest BCUT2D eigenvalue weighted by molar-refractivity contribution is -0.384. The predicted octanol–water partition coefficient (Wildman–Crippen LogP) is 1.35. The number of benzene rings is 1. The molecule has 1 aromatic carbocycles. The minimum Gasteiger partial charge on any atom is -0.373 e. The summed E-state index contributed by atoms with van der Waals surface area (Å²) in [6.07, 6.45) is 0. The molecule has 9 heteroatoms. The number of carbonyl (C=O) groups is 1. The van der Waals surface area contributed by atoms with Crippen molar-refractivity contribution >= 4 is 17.3 Å². The predicted molar refractivity (Wildman–Crippen MR) is 73.6 cm³/mol. The lowest BCUT2D eigenvalue weighted by Gasteiger charge is -2.15. The van der Waals surface area contributed by atoms with E-state index in [1.165, 1.54) is 12.1 Å². The standard InChI is InChI=1S/C12H16F2N4O3/c1-2-16-11(19)8-3-4-9(10(5-8)18(20)21)17-7-12(13,14)6-15/h3-5,17H,2,6-7,15H2,1H3,(H,16,19). The summed E-state index contributed by atoms with van der Waals surface area (Å²) in [5.74, 6) is -3.65. The van der Waals surface area contributed by atoms with Crippen LogP contribution in [0.15, 0.2) is 18.2 Å². The van der Waals surface area contributed by atoms with Gasteiger partial charge in [0, 0.05) is 18.2 Å². The van der Waals surface area contributed by atoms with Crippen molar-refractivity contribution in [3.63, 3.8) is 0 Å². The molecule has 0 atom stereocenters. The summed E-state index contributed by atoms with van der Waals surface area (Å²) in [7, 11) is 0. The Hall–Kier alpha value is -2.29. The molecule has 0 aliphatic heterocycles. The smallest absolute Gasteiger partial charge is 0.293 e. The fraction of sp³-hybridized carbons (Fsp3) is 0.417. The van der Waals surface area contributed by atoms with Gasteiger partial charge in [0.15, 0.2) is 0 Å². The summed E-state index contributed by atoms with van der Waals surface area (Å²) in [4.78, 5) is 21.8. The molecule has 0 saturated carbocycles. The van der Waals surface area contributed by atoms with E-state index in [0.29, 0.717) is 6.54 Å². The number of nitrogens with one attached hydrogen (secondary N) is 2. The number of alkyl halides is 2. The highest BCUT2D eigenvalue weighted by atomic mass is 19.3. The van der Waals surface area contributed by atoms with Crippen LogP contribution in [0.3, 0.4) is 0 Å². The van der Waals surface area contributed by atoms with Gasteiger partial charge in [-0.2, -0.15) is 0 Å². The highest BCUT2D eigenvalue weighted by molar-refractivity contribution is 5.95. The maximum absolute atomic E-state index is 13.1. The first-order valence-corrected chi connectivity index (χ1v) is 6.19. The van der Waals surface area contributed by atoms with E-state index in [9.17, 15) is 23.7 Å². The minimum absolute atomic E-state index is 0.0830. The molecule has 116 valence electrons. The Bertz CT molecular complexity index is 537. The first-order chi connectivity index (χ1) is 9.80. The second-order valence-corrected chi connectivity index (χ2v) is 4.26. The van der Waals surface area contributed by atoms with Gasteiger partial charge in [0.2, 0.25) is 0 Å². The summed E-state index contributed by atoms with van der Waals surface area (Å²) < 4.78 is 26.1. The van der Waals surface area contributed by atoms with Crippen LogP contribution in [0.5, 0.6) is 0 Å². The minimum atomic E-state index is -3.17. The lowest BCUT2D eigenvalue weighted by Crippen LogP contribution is -2.35. The Labute approximate surface area is 119 Å². The van der Waals surface area contributed by atoms with Crippen molar-refractivity contribution in [1.82, 2.24) is 5.32 Å². The van der Waals surface area contributed by atoms with Gasteiger partial charge in [0.05, 0.1) is 18.0 Å². The largest absolute Gasteiger partial charge is 0.373 e. The van der Waals surface area contributed by atoms with Gasteiger partial charge >= 0.3 is 0 Å². The molecule has 0 unspecified atom stereocenters. The van der Waals surface area contributed by atoms with E-state index in [1.54, 1.807) is 6.92 Å². The van der Waals surface area contributed by atoms with Crippen molar-refractivity contribution in [2.45, 2.75) is 12.8 Å². The van der Waals surface area contributed by atoms with Crippen LogP contribution in [0.2, 0.25) is 0 Å². The van der Waals surface area contributed by atoms with E-state index in [1.807, 2.05) is 0 Å². The van der Waals surface area contributed by atoms with E-state index in [4.69, 9.17) is 5.73 Å². The number of amides is 1. The van der Waals surface area contributed by atoms with Crippen molar-refractivity contribution in [1.29, 1.82) is 0 Å². The number of nitro groups is 1. The Morgan fingerprint density at radius 2 is 2.14 bits per heavy atom. The van der Waals surface area contributed by atoms with Gasteiger partial charge in [-0.1, -0.05) is 0 Å². The third kappa shape index (κ3) is 4.63. The average molecular weight is 302 g/mol. The number of anilines is 1. The first-order valence-electron chi connectivity index (χ1n) is 6.19. The number of nitrogens with two attached hydrogens (primary N) is 1. The van der Waals surface area contributed by atoms with Crippen LogP contribution in [0.1, 0.15) is 17.3 Å². The zero-order chi connectivity index (χ0) is 16.0. The van der Waals surface area contributed by atoms with Crippen LogP contribution >= 0.6 is 0 Å². The summed E-state index contributed by atoms with van der Waals surface area (Å²) in [6, 6.07) is 3.57. The van der Waals surface area contributed by atoms with Crippen LogP contribution in [0.4, 0.5) is 20.2 Å². The number of nitrogens with zero attached hydrogens (tertiary/aromatic N) is 1. The first kappa shape index (κ1) is 16.8. The molecule has 0 spiro atoms.